The van der Waals surface area contributed by atoms with Gasteiger partial charge in [0.15, 0.2) is 0 Å². The van der Waals surface area contributed by atoms with E-state index in [1.54, 1.807) is 0 Å². The first-order valence-corrected chi connectivity index (χ1v) is 0. The van der Waals surface area contributed by atoms with E-state index in [0.717, 1.165) is 0 Å². The van der Waals surface area contributed by atoms with Gasteiger partial charge in [0.1, 0.15) is 0 Å². The molecule has 0 rings (SSSR count). The Kier molecular flexibility index (Phi) is 205. The summed E-state index contributed by atoms with van der Waals surface area (Å²) >= 11 is 0. The van der Waals surface area contributed by atoms with Gasteiger partial charge in [-0.05, 0) is 0 Å². The summed E-state index contributed by atoms with van der Waals surface area (Å²) in [6.45, 7) is 0. The summed E-state index contributed by atoms with van der Waals surface area (Å²) in [6.07, 6.45) is 0. The van der Waals surface area contributed by atoms with Gasteiger partial charge in [-0.1, -0.05) is 0 Å². The van der Waals surface area contributed by atoms with Crippen LogP contribution in [0.2, 0.25) is 0 Å². The molecule has 0 N–H and O–H groups in total. The maximum Gasteiger partial charge on any atom is 0 e. The second-order valence-corrected chi connectivity index (χ2v) is 0. The Morgan fingerprint density at radius 2 is 0.800 bits per heavy atom. The van der Waals surface area contributed by atoms with E-state index in [1.807, 2.05) is 0 Å². The minimum Gasteiger partial charge on any atom is 0 e. The molecule has 0 aliphatic carbocycles. The van der Waals surface area contributed by atoms with E-state index >= 15 is 0 Å². The molecular formula is CeCuFe2Mn. The molecule has 5 heavy (non-hydrogen) atoms. The Bertz CT molecular complexity index is 9.61. The average molecular weight is 370 g/mol. The molecule has 0 atom stereocenters. The molecule has 0 heterocycles. The topological polar surface area (TPSA) is 0 Å². The van der Waals surface area contributed by atoms with Gasteiger partial charge in [-0.25, -0.2) is 0 Å². The monoisotopic (exact) mass is 370 g/mol. The molecule has 0 fully saturated rings. The van der Waals surface area contributed by atoms with Crippen molar-refractivity contribution in [1.82, 2.24) is 0 Å². The maximum absolute atomic E-state index is 0. The first-order chi connectivity index (χ1) is 0. The average Bonchev–Trinajstić information content (AvgIpc) is 0. The SMILES string of the molecule is [Ce].[Cu].[Fe].[Fe].[Mn]. The first-order valence-electron chi connectivity index (χ1n) is 0. The predicted octanol–water partition coefficient (Wildman–Crippen LogP) is -0.0100. The molecule has 0 saturated heterocycles. The van der Waals surface area contributed by atoms with Gasteiger partial charge >= 0.3 is 0 Å². The van der Waals surface area contributed by atoms with Crippen molar-refractivity contribution in [1.29, 1.82) is 0 Å². The van der Waals surface area contributed by atoms with Gasteiger partial charge < -0.3 is 0 Å². The maximum atomic E-state index is 0. The Morgan fingerprint density at radius 3 is 0.800 bits per heavy atom. The van der Waals surface area contributed by atoms with Crippen LogP contribution in [0.1, 0.15) is 0 Å². The predicted molar refractivity (Wildman–Crippen MR) is 0 cm³/mol. The molecule has 0 aliphatic heterocycles. The number of rotatable bonds is 0. The van der Waals surface area contributed by atoms with Crippen molar-refractivity contribution in [3.63, 3.8) is 0 Å². The fourth-order valence-corrected chi connectivity index (χ4v) is 0. The molecule has 5 heteroatoms. The van der Waals surface area contributed by atoms with E-state index in [1.165, 1.54) is 0 Å². The van der Waals surface area contributed by atoms with E-state index < -0.39 is 0 Å². The summed E-state index contributed by atoms with van der Waals surface area (Å²) in [7, 11) is 0. The molecule has 38 valence electrons. The molecular weight excluding hydrogens is 370 g/mol. The molecule has 2 radical (unpaired) electrons. The standard InChI is InChI=1S/Ce.Cu.2Fe.Mn. The summed E-state index contributed by atoms with van der Waals surface area (Å²) in [5, 5.41) is 0. The summed E-state index contributed by atoms with van der Waals surface area (Å²) in [5.74, 6) is 0. The smallest absolute Gasteiger partial charge is 0 e. The fraction of sp³-hybridized carbons (Fsp3) is 0. The normalized spacial score (nSPS) is 0. The van der Waals surface area contributed by atoms with Gasteiger partial charge in [0.05, 0.1) is 0 Å². The Hall–Kier alpha value is 3.45. The molecule has 0 nitrogen and oxygen atoms in total. The summed E-state index contributed by atoms with van der Waals surface area (Å²) in [5.41, 5.74) is 0. The van der Waals surface area contributed by atoms with Crippen LogP contribution in [0, 0.1) is 41.7 Å². The fourth-order valence-electron chi connectivity index (χ4n) is 0. The third-order valence-electron chi connectivity index (χ3n) is 0. The van der Waals surface area contributed by atoms with Gasteiger partial charge in [-0.15, -0.1) is 0 Å². The Labute approximate surface area is 108 Å². The second kappa shape index (κ2) is 26.0. The molecule has 0 aliphatic rings. The van der Waals surface area contributed by atoms with Crippen LogP contribution in [0.4, 0.5) is 0 Å². The zero-order valence-corrected chi connectivity index (χ0v) is 9.36. The van der Waals surface area contributed by atoms with Gasteiger partial charge in [0, 0.05) is 110 Å². The molecule has 0 unspecified atom stereocenters. The number of hydrogen-bond acceptors (Lipinski definition) is 0. The molecule has 0 amide bonds. The van der Waals surface area contributed by atoms with Crippen molar-refractivity contribution < 1.29 is 110 Å². The van der Waals surface area contributed by atoms with E-state index in [0.29, 0.717) is 0 Å². The largest absolute Gasteiger partial charge is 0 e. The molecule has 0 aromatic heterocycles. The van der Waals surface area contributed by atoms with Crippen LogP contribution in [-0.2, 0) is 68.3 Å². The molecule has 0 aromatic carbocycles. The molecule has 0 saturated carbocycles. The zero-order valence-electron chi connectivity index (χ0n) is 1.89. The van der Waals surface area contributed by atoms with Crippen LogP contribution in [0.25, 0.3) is 0 Å². The molecule has 0 aromatic rings. The van der Waals surface area contributed by atoms with Crippen LogP contribution < -0.4 is 0 Å². The van der Waals surface area contributed by atoms with E-state index in [9.17, 15) is 0 Å². The van der Waals surface area contributed by atoms with Crippen LogP contribution in [-0.4, -0.2) is 0 Å². The Balaban J connectivity index is 0. The van der Waals surface area contributed by atoms with Crippen molar-refractivity contribution in [2.24, 2.45) is 0 Å². The number of hydrogen-bond donors (Lipinski definition) is 0. The third kappa shape index (κ3) is 18.6. The molecule has 0 spiro atoms. The van der Waals surface area contributed by atoms with Crippen molar-refractivity contribution >= 4 is 0 Å². The van der Waals surface area contributed by atoms with Gasteiger partial charge in [0.2, 0.25) is 0 Å². The van der Waals surface area contributed by atoms with E-state index in [4.69, 9.17) is 0 Å². The van der Waals surface area contributed by atoms with Gasteiger partial charge in [0.25, 0.3) is 0 Å². The zero-order chi connectivity index (χ0) is 0. The van der Waals surface area contributed by atoms with E-state index in [2.05, 4.69) is 0 Å². The van der Waals surface area contributed by atoms with Crippen molar-refractivity contribution in [2.45, 2.75) is 0 Å². The molecule has 0 bridgehead atoms. The van der Waals surface area contributed by atoms with Crippen LogP contribution >= 0.6 is 0 Å². The first kappa shape index (κ1) is 39.4. The van der Waals surface area contributed by atoms with Crippen molar-refractivity contribution in [2.75, 3.05) is 0 Å². The minimum absolute atomic E-state index is 0. The quantitative estimate of drug-likeness (QED) is 0.527. The Morgan fingerprint density at radius 1 is 0.800 bits per heavy atom. The summed E-state index contributed by atoms with van der Waals surface area (Å²) in [6, 6.07) is 0. The third-order valence-corrected chi connectivity index (χ3v) is 0. The van der Waals surface area contributed by atoms with Crippen LogP contribution in [0.3, 0.4) is 0 Å². The van der Waals surface area contributed by atoms with Crippen molar-refractivity contribution in [3.05, 3.63) is 0 Å². The summed E-state index contributed by atoms with van der Waals surface area (Å²) in [4.78, 5) is 0. The van der Waals surface area contributed by atoms with Gasteiger partial charge in [-0.3, -0.25) is 0 Å². The van der Waals surface area contributed by atoms with Crippen LogP contribution in [0.15, 0.2) is 0 Å². The van der Waals surface area contributed by atoms with Crippen LogP contribution in [0.5, 0.6) is 0 Å². The minimum atomic E-state index is 0. The van der Waals surface area contributed by atoms with E-state index in [-0.39, 0.29) is 110 Å². The second-order valence-electron chi connectivity index (χ2n) is 0. The van der Waals surface area contributed by atoms with Crippen molar-refractivity contribution in [3.8, 4) is 0 Å². The van der Waals surface area contributed by atoms with Gasteiger partial charge in [-0.2, -0.15) is 0 Å². The summed E-state index contributed by atoms with van der Waals surface area (Å²) < 4.78 is 0.